The zero-order chi connectivity index (χ0) is 23.5. The van der Waals surface area contributed by atoms with Gasteiger partial charge in [-0.25, -0.2) is 9.97 Å². The molecule has 1 saturated heterocycles. The molecule has 34 heavy (non-hydrogen) atoms. The number of nitrogens with one attached hydrogen (secondary N) is 1. The van der Waals surface area contributed by atoms with Crippen LogP contribution in [0, 0.1) is 0 Å². The molecule has 0 spiro atoms. The van der Waals surface area contributed by atoms with Gasteiger partial charge in [-0.1, -0.05) is 36.4 Å². The van der Waals surface area contributed by atoms with Crippen LogP contribution in [-0.4, -0.2) is 61.3 Å². The van der Waals surface area contributed by atoms with Gasteiger partial charge >= 0.3 is 0 Å². The van der Waals surface area contributed by atoms with Crippen LogP contribution in [0.25, 0.3) is 22.0 Å². The molecule has 0 saturated carbocycles. The summed E-state index contributed by atoms with van der Waals surface area (Å²) in [6, 6.07) is 22.8. The molecule has 4 aromatic rings. The van der Waals surface area contributed by atoms with Crippen molar-refractivity contribution in [3.05, 3.63) is 72.9 Å². The minimum atomic E-state index is 0.597. The van der Waals surface area contributed by atoms with Gasteiger partial charge in [0.05, 0.1) is 52.4 Å². The molecule has 1 aliphatic rings. The number of methoxy groups -OCH3 is 1. The van der Waals surface area contributed by atoms with Crippen LogP contribution in [0.5, 0.6) is 5.75 Å². The highest BCUT2D eigenvalue weighted by molar-refractivity contribution is 5.94. The Hall–Kier alpha value is -3.64. The first-order valence-corrected chi connectivity index (χ1v) is 11.9. The van der Waals surface area contributed by atoms with E-state index >= 15 is 0 Å². The molecule has 0 unspecified atom stereocenters. The zero-order valence-corrected chi connectivity index (χ0v) is 20.2. The van der Waals surface area contributed by atoms with Crippen molar-refractivity contribution in [3.63, 3.8) is 0 Å². The van der Waals surface area contributed by atoms with E-state index in [9.17, 15) is 0 Å². The third kappa shape index (κ3) is 4.54. The highest BCUT2D eigenvalue weighted by Crippen LogP contribution is 2.30. The van der Waals surface area contributed by atoms with E-state index in [4.69, 9.17) is 9.72 Å². The highest BCUT2D eigenvalue weighted by Gasteiger charge is 2.27. The molecule has 0 amide bonds. The quantitative estimate of drug-likeness (QED) is 0.399. The van der Waals surface area contributed by atoms with Crippen LogP contribution >= 0.6 is 0 Å². The summed E-state index contributed by atoms with van der Waals surface area (Å²) in [6.07, 6.45) is 1.88. The molecule has 6 nitrogen and oxygen atoms in total. The van der Waals surface area contributed by atoms with E-state index in [1.165, 1.54) is 25.3 Å². The Labute approximate surface area is 201 Å². The third-order valence-corrected chi connectivity index (χ3v) is 7.06. The summed E-state index contributed by atoms with van der Waals surface area (Å²) in [5, 5.41) is 4.44. The fourth-order valence-electron chi connectivity index (χ4n) is 4.55. The Kier molecular flexibility index (Phi) is 6.07. The fourth-order valence-corrected chi connectivity index (χ4v) is 4.55. The number of hydrogen-bond acceptors (Lipinski definition) is 5. The molecular weight excluding hydrogens is 422 g/mol. The summed E-state index contributed by atoms with van der Waals surface area (Å²) in [6.45, 7) is 7.97. The maximum atomic E-state index is 5.31. The molecule has 0 aliphatic carbocycles. The molecule has 0 radical (unpaired) electrons. The monoisotopic (exact) mass is 454 g/mol. The van der Waals surface area contributed by atoms with Gasteiger partial charge in [-0.05, 0) is 42.8 Å². The summed E-state index contributed by atoms with van der Waals surface area (Å²) >= 11 is 0. The average molecular weight is 455 g/mol. The van der Waals surface area contributed by atoms with Crippen LogP contribution in [0.2, 0.25) is 0 Å². The summed E-state index contributed by atoms with van der Waals surface area (Å²) in [5.74, 6) is 1.44. The number of para-hydroxylation sites is 1. The van der Waals surface area contributed by atoms with Crippen molar-refractivity contribution in [1.29, 1.82) is 0 Å². The normalized spacial score (nSPS) is 15.3. The summed E-state index contributed by atoms with van der Waals surface area (Å²) in [5.41, 5.74) is 5.34. The second kappa shape index (κ2) is 9.31. The van der Waals surface area contributed by atoms with Gasteiger partial charge in [0.15, 0.2) is 0 Å². The molecule has 1 aromatic heterocycles. The highest BCUT2D eigenvalue weighted by atomic mass is 16.5. The Morgan fingerprint density at radius 3 is 2.50 bits per heavy atom. The lowest BCUT2D eigenvalue weighted by atomic mass is 10.0. The lowest BCUT2D eigenvalue weighted by molar-refractivity contribution is -0.908. The van der Waals surface area contributed by atoms with Gasteiger partial charge in [0.2, 0.25) is 5.95 Å². The van der Waals surface area contributed by atoms with Gasteiger partial charge in [-0.15, -0.1) is 0 Å². The lowest BCUT2D eigenvalue weighted by Gasteiger charge is -2.42. The third-order valence-electron chi connectivity index (χ3n) is 7.06. The number of hydrogen-bond donors (Lipinski definition) is 1. The Morgan fingerprint density at radius 2 is 1.76 bits per heavy atom. The summed E-state index contributed by atoms with van der Waals surface area (Å²) < 4.78 is 6.46. The van der Waals surface area contributed by atoms with Crippen molar-refractivity contribution < 1.29 is 9.22 Å². The second-order valence-corrected chi connectivity index (χ2v) is 9.21. The zero-order valence-electron chi connectivity index (χ0n) is 20.2. The number of quaternary nitrogens is 1. The number of nitrogens with zero attached hydrogens (tertiary/aromatic N) is 4. The van der Waals surface area contributed by atoms with Crippen LogP contribution in [0.1, 0.15) is 6.92 Å². The minimum absolute atomic E-state index is 0.597. The van der Waals surface area contributed by atoms with Crippen molar-refractivity contribution in [3.8, 4) is 16.9 Å². The molecule has 6 heteroatoms. The number of ether oxygens (including phenoxy) is 1. The van der Waals surface area contributed by atoms with Gasteiger partial charge in [0, 0.05) is 28.5 Å². The molecule has 1 N–H and O–H groups in total. The molecule has 5 rings (SSSR count). The fraction of sp³-hybridized carbons (Fsp3) is 0.286. The Bertz CT molecular complexity index is 1280. The van der Waals surface area contributed by atoms with Crippen LogP contribution in [0.4, 0.5) is 17.3 Å². The van der Waals surface area contributed by atoms with E-state index in [1.54, 1.807) is 7.11 Å². The summed E-state index contributed by atoms with van der Waals surface area (Å²) in [7, 11) is 4.03. The van der Waals surface area contributed by atoms with Crippen molar-refractivity contribution in [1.82, 2.24) is 9.97 Å². The minimum Gasteiger partial charge on any atom is -0.497 e. The van der Waals surface area contributed by atoms with Gasteiger partial charge in [-0.3, -0.25) is 0 Å². The maximum absolute atomic E-state index is 5.31. The van der Waals surface area contributed by atoms with Gasteiger partial charge in [0.25, 0.3) is 0 Å². The Balaban J connectivity index is 1.40. The van der Waals surface area contributed by atoms with E-state index in [-0.39, 0.29) is 0 Å². The largest absolute Gasteiger partial charge is 0.497 e. The predicted molar refractivity (Wildman–Crippen MR) is 140 cm³/mol. The molecule has 1 fully saturated rings. The van der Waals surface area contributed by atoms with Crippen LogP contribution in [0.3, 0.4) is 0 Å². The first kappa shape index (κ1) is 22.2. The first-order chi connectivity index (χ1) is 16.6. The molecule has 0 atom stereocenters. The van der Waals surface area contributed by atoms with Crippen molar-refractivity contribution in [2.75, 3.05) is 57.1 Å². The van der Waals surface area contributed by atoms with Crippen LogP contribution in [-0.2, 0) is 0 Å². The number of piperazine rings is 1. The number of benzene rings is 3. The van der Waals surface area contributed by atoms with E-state index in [0.29, 0.717) is 5.95 Å². The van der Waals surface area contributed by atoms with E-state index in [1.807, 2.05) is 30.5 Å². The van der Waals surface area contributed by atoms with Crippen molar-refractivity contribution >= 4 is 28.2 Å². The van der Waals surface area contributed by atoms with Gasteiger partial charge < -0.3 is 19.4 Å². The molecule has 0 bridgehead atoms. The predicted octanol–water partition coefficient (Wildman–Crippen LogP) is 5.34. The number of rotatable bonds is 6. The first-order valence-electron chi connectivity index (χ1n) is 11.9. The number of aromatic nitrogens is 2. The SMILES string of the molecule is CC[N+]1(C)CCN(c2cccc(Nc3ncc4cccc(-c5ccc(OC)cc5)c4n3)c2)CC1. The second-order valence-electron chi connectivity index (χ2n) is 9.21. The van der Waals surface area contributed by atoms with E-state index < -0.39 is 0 Å². The lowest BCUT2D eigenvalue weighted by Crippen LogP contribution is -2.57. The van der Waals surface area contributed by atoms with Gasteiger partial charge in [-0.2, -0.15) is 0 Å². The topological polar surface area (TPSA) is 50.3 Å². The molecule has 174 valence electrons. The molecule has 2 heterocycles. The van der Waals surface area contributed by atoms with Gasteiger partial charge in [0.1, 0.15) is 5.75 Å². The molecular formula is C28H32N5O+. The average Bonchev–Trinajstić information content (AvgIpc) is 2.89. The van der Waals surface area contributed by atoms with Crippen molar-refractivity contribution in [2.24, 2.45) is 0 Å². The number of anilines is 3. The van der Waals surface area contributed by atoms with E-state index in [2.05, 4.69) is 71.6 Å². The van der Waals surface area contributed by atoms with Crippen LogP contribution < -0.4 is 15.0 Å². The number of fused-ring (bicyclic) bond motifs is 1. The van der Waals surface area contributed by atoms with Crippen LogP contribution in [0.15, 0.2) is 72.9 Å². The standard InChI is InChI=1S/C28H32N5O/c1-4-33(2)17-15-32(16-18-33)24-9-6-8-23(19-24)30-28-29-20-22-7-5-10-26(27(22)31-28)21-11-13-25(34-3)14-12-21/h5-14,19-20H,4,15-18H2,1-3H3,(H,29,30,31)/q+1. The smallest absolute Gasteiger partial charge is 0.227 e. The molecule has 1 aliphatic heterocycles. The number of likely N-dealkylation sites (N-methyl/N-ethyl adjacent to an activating group) is 1. The van der Waals surface area contributed by atoms with E-state index in [0.717, 1.165) is 51.0 Å². The van der Waals surface area contributed by atoms with Crippen molar-refractivity contribution in [2.45, 2.75) is 6.92 Å². The Morgan fingerprint density at radius 1 is 1.00 bits per heavy atom. The maximum Gasteiger partial charge on any atom is 0.227 e. The molecule has 3 aromatic carbocycles. The summed E-state index contributed by atoms with van der Waals surface area (Å²) in [4.78, 5) is 11.9.